The Balaban J connectivity index is 2.07. The molecule has 0 fully saturated rings. The van der Waals surface area contributed by atoms with Gasteiger partial charge in [0.25, 0.3) is 5.56 Å². The zero-order valence-electron chi connectivity index (χ0n) is 10.8. The quantitative estimate of drug-likeness (QED) is 0.828. The van der Waals surface area contributed by atoms with Crippen LogP contribution in [0.15, 0.2) is 35.1 Å². The molecule has 0 spiro atoms. The molecule has 1 aliphatic heterocycles. The predicted molar refractivity (Wildman–Crippen MR) is 70.4 cm³/mol. The van der Waals surface area contributed by atoms with E-state index in [0.29, 0.717) is 5.75 Å². The lowest BCUT2D eigenvalue weighted by Crippen LogP contribution is -2.23. The van der Waals surface area contributed by atoms with Crippen LogP contribution in [0.1, 0.15) is 19.9 Å². The Morgan fingerprint density at radius 2 is 1.95 bits per heavy atom. The van der Waals surface area contributed by atoms with E-state index in [1.54, 1.807) is 6.07 Å². The van der Waals surface area contributed by atoms with Gasteiger partial charge in [0.05, 0.1) is 11.7 Å². The minimum absolute atomic E-state index is 0.0291. The molecule has 2 aromatic rings. The van der Waals surface area contributed by atoms with E-state index < -0.39 is 0 Å². The Hall–Kier alpha value is -2.30. The van der Waals surface area contributed by atoms with Crippen LogP contribution in [0.5, 0.6) is 11.5 Å². The van der Waals surface area contributed by atoms with Gasteiger partial charge in [-0.05, 0) is 38.1 Å². The second-order valence-corrected chi connectivity index (χ2v) is 4.66. The largest absolute Gasteiger partial charge is 0.454 e. The average Bonchev–Trinajstić information content (AvgIpc) is 2.86. The topological polar surface area (TPSA) is 53.4 Å². The maximum absolute atomic E-state index is 11.7. The molecule has 98 valence electrons. The maximum Gasteiger partial charge on any atom is 0.267 e. The van der Waals surface area contributed by atoms with Gasteiger partial charge in [0.15, 0.2) is 11.5 Å². The first-order valence-electron chi connectivity index (χ1n) is 6.15. The second-order valence-electron chi connectivity index (χ2n) is 4.66. The number of benzene rings is 1. The fourth-order valence-electron chi connectivity index (χ4n) is 2.01. The van der Waals surface area contributed by atoms with Gasteiger partial charge in [0, 0.05) is 11.6 Å². The lowest BCUT2D eigenvalue weighted by molar-refractivity contribution is 0.174. The standard InChI is InChI=1S/C14H14N2O3/c1-9(2)16-14(17)6-4-11(15-16)10-3-5-12-13(7-10)19-8-18-12/h3-7,9H,8H2,1-2H3. The van der Waals surface area contributed by atoms with E-state index in [9.17, 15) is 4.79 Å². The van der Waals surface area contributed by atoms with Crippen LogP contribution >= 0.6 is 0 Å². The van der Waals surface area contributed by atoms with Crippen molar-refractivity contribution >= 4 is 0 Å². The number of hydrogen-bond donors (Lipinski definition) is 0. The zero-order valence-corrected chi connectivity index (χ0v) is 10.8. The molecule has 1 aromatic carbocycles. The smallest absolute Gasteiger partial charge is 0.267 e. The summed E-state index contributed by atoms with van der Waals surface area (Å²) in [6.45, 7) is 4.10. The number of fused-ring (bicyclic) bond motifs is 1. The molecule has 0 aliphatic carbocycles. The van der Waals surface area contributed by atoms with E-state index in [1.165, 1.54) is 10.7 Å². The molecule has 2 heterocycles. The van der Waals surface area contributed by atoms with E-state index in [2.05, 4.69) is 5.10 Å². The molecular formula is C14H14N2O3. The second kappa shape index (κ2) is 4.42. The summed E-state index contributed by atoms with van der Waals surface area (Å²) in [5.41, 5.74) is 1.55. The summed E-state index contributed by atoms with van der Waals surface area (Å²) < 4.78 is 12.1. The highest BCUT2D eigenvalue weighted by Crippen LogP contribution is 2.35. The van der Waals surface area contributed by atoms with Gasteiger partial charge in [-0.15, -0.1) is 0 Å². The molecule has 1 aromatic heterocycles. The maximum atomic E-state index is 11.7. The third-order valence-corrected chi connectivity index (χ3v) is 2.98. The minimum atomic E-state index is -0.0977. The molecule has 0 saturated carbocycles. The third kappa shape index (κ3) is 2.07. The molecule has 0 bridgehead atoms. The van der Waals surface area contributed by atoms with Gasteiger partial charge in [-0.2, -0.15) is 5.10 Å². The lowest BCUT2D eigenvalue weighted by Gasteiger charge is -2.10. The molecule has 0 radical (unpaired) electrons. The Morgan fingerprint density at radius 1 is 1.16 bits per heavy atom. The molecule has 1 aliphatic rings. The fraction of sp³-hybridized carbons (Fsp3) is 0.286. The highest BCUT2D eigenvalue weighted by molar-refractivity contribution is 5.63. The Kier molecular flexibility index (Phi) is 2.74. The van der Waals surface area contributed by atoms with E-state index in [4.69, 9.17) is 9.47 Å². The van der Waals surface area contributed by atoms with E-state index in [0.717, 1.165) is 17.0 Å². The molecule has 0 N–H and O–H groups in total. The molecule has 5 nitrogen and oxygen atoms in total. The molecular weight excluding hydrogens is 244 g/mol. The minimum Gasteiger partial charge on any atom is -0.454 e. The van der Waals surface area contributed by atoms with Crippen molar-refractivity contribution in [3.8, 4) is 22.8 Å². The highest BCUT2D eigenvalue weighted by Gasteiger charge is 2.15. The van der Waals surface area contributed by atoms with E-state index in [-0.39, 0.29) is 18.4 Å². The number of aromatic nitrogens is 2. The number of ether oxygens (including phenoxy) is 2. The molecule has 0 atom stereocenters. The molecule has 0 amide bonds. The van der Waals surface area contributed by atoms with Gasteiger partial charge < -0.3 is 9.47 Å². The lowest BCUT2D eigenvalue weighted by atomic mass is 10.1. The average molecular weight is 258 g/mol. The van der Waals surface area contributed by atoms with Crippen LogP contribution in [0.3, 0.4) is 0 Å². The van der Waals surface area contributed by atoms with Crippen LogP contribution in [0.2, 0.25) is 0 Å². The van der Waals surface area contributed by atoms with Crippen molar-refractivity contribution in [1.29, 1.82) is 0 Å². The van der Waals surface area contributed by atoms with Crippen molar-refractivity contribution in [3.05, 3.63) is 40.7 Å². The summed E-state index contributed by atoms with van der Waals surface area (Å²) in [5.74, 6) is 1.45. The summed E-state index contributed by atoms with van der Waals surface area (Å²) in [4.78, 5) is 11.7. The van der Waals surface area contributed by atoms with Crippen molar-refractivity contribution in [2.75, 3.05) is 6.79 Å². The number of rotatable bonds is 2. The number of nitrogens with zero attached hydrogens (tertiary/aromatic N) is 2. The SMILES string of the molecule is CC(C)n1nc(-c2ccc3c(c2)OCO3)ccc1=O. The van der Waals surface area contributed by atoms with Gasteiger partial charge in [0.1, 0.15) is 0 Å². The summed E-state index contributed by atoms with van der Waals surface area (Å²) in [7, 11) is 0. The van der Waals surface area contributed by atoms with Crippen LogP contribution in [-0.2, 0) is 0 Å². The fourth-order valence-corrected chi connectivity index (χ4v) is 2.01. The highest BCUT2D eigenvalue weighted by atomic mass is 16.7. The van der Waals surface area contributed by atoms with Crippen LogP contribution < -0.4 is 15.0 Å². The first-order valence-corrected chi connectivity index (χ1v) is 6.15. The van der Waals surface area contributed by atoms with E-state index in [1.807, 2.05) is 32.0 Å². The molecule has 19 heavy (non-hydrogen) atoms. The van der Waals surface area contributed by atoms with Gasteiger partial charge in [0.2, 0.25) is 6.79 Å². The Labute approximate surface area is 110 Å². The monoisotopic (exact) mass is 258 g/mol. The van der Waals surface area contributed by atoms with Crippen LogP contribution in [0.4, 0.5) is 0 Å². The van der Waals surface area contributed by atoms with Gasteiger partial charge in [-0.1, -0.05) is 0 Å². The molecule has 0 unspecified atom stereocenters. The summed E-state index contributed by atoms with van der Waals surface area (Å²) >= 11 is 0. The van der Waals surface area contributed by atoms with Crippen molar-refractivity contribution in [3.63, 3.8) is 0 Å². The van der Waals surface area contributed by atoms with Crippen molar-refractivity contribution in [2.45, 2.75) is 19.9 Å². The normalized spacial score (nSPS) is 13.0. The van der Waals surface area contributed by atoms with Gasteiger partial charge in [-0.3, -0.25) is 4.79 Å². The van der Waals surface area contributed by atoms with Gasteiger partial charge >= 0.3 is 0 Å². The predicted octanol–water partition coefficient (Wildman–Crippen LogP) is 2.22. The van der Waals surface area contributed by atoms with Gasteiger partial charge in [-0.25, -0.2) is 4.68 Å². The first-order chi connectivity index (χ1) is 9.15. The number of hydrogen-bond acceptors (Lipinski definition) is 4. The van der Waals surface area contributed by atoms with Crippen molar-refractivity contribution in [1.82, 2.24) is 9.78 Å². The summed E-state index contributed by atoms with van der Waals surface area (Å²) in [5, 5.41) is 4.38. The van der Waals surface area contributed by atoms with Crippen molar-refractivity contribution < 1.29 is 9.47 Å². The first kappa shape index (κ1) is 11.8. The van der Waals surface area contributed by atoms with Crippen LogP contribution in [0, 0.1) is 0 Å². The molecule has 3 rings (SSSR count). The summed E-state index contributed by atoms with van der Waals surface area (Å²) in [6.07, 6.45) is 0. The zero-order chi connectivity index (χ0) is 13.4. The van der Waals surface area contributed by atoms with Crippen LogP contribution in [0.25, 0.3) is 11.3 Å². The van der Waals surface area contributed by atoms with Crippen LogP contribution in [-0.4, -0.2) is 16.6 Å². The third-order valence-electron chi connectivity index (χ3n) is 2.98. The molecule has 0 saturated heterocycles. The Bertz CT molecular complexity index is 677. The summed E-state index contributed by atoms with van der Waals surface area (Å²) in [6, 6.07) is 8.92. The van der Waals surface area contributed by atoms with E-state index >= 15 is 0 Å². The Morgan fingerprint density at radius 3 is 2.74 bits per heavy atom. The molecule has 5 heteroatoms. The van der Waals surface area contributed by atoms with Crippen molar-refractivity contribution in [2.24, 2.45) is 0 Å².